The Kier molecular flexibility index (Phi) is 6.62. The normalized spacial score (nSPS) is 14.0. The van der Waals surface area contributed by atoms with E-state index in [0.29, 0.717) is 21.9 Å². The Bertz CT molecular complexity index is 1560. The number of carbonyl (C=O) groups is 3. The number of hydrogen-bond donors (Lipinski definition) is 3. The number of nitrogens with two attached hydrogens (primary N) is 1. The van der Waals surface area contributed by atoms with Crippen molar-refractivity contribution in [2.24, 2.45) is 5.73 Å². The molecular weight excluding hydrogens is 494 g/mol. The molecule has 0 saturated heterocycles. The zero-order valence-corrected chi connectivity index (χ0v) is 20.9. The Morgan fingerprint density at radius 2 is 1.89 bits per heavy atom. The molecule has 4 N–H and O–H groups in total. The van der Waals surface area contributed by atoms with Gasteiger partial charge in [-0.15, -0.1) is 0 Å². The highest BCUT2D eigenvalue weighted by atomic mass is 35.5. The van der Waals surface area contributed by atoms with Gasteiger partial charge in [0.25, 0.3) is 5.91 Å². The summed E-state index contributed by atoms with van der Waals surface area (Å²) in [5.41, 5.74) is 8.04. The Hall–Kier alpha value is -3.88. The first-order valence-electron chi connectivity index (χ1n) is 12.0. The molecule has 1 aromatic heterocycles. The molecule has 1 aliphatic carbocycles. The molecule has 0 aliphatic heterocycles. The van der Waals surface area contributed by atoms with Crippen LogP contribution >= 0.6 is 11.6 Å². The molecule has 1 atom stereocenters. The van der Waals surface area contributed by atoms with E-state index in [1.165, 1.54) is 12.6 Å². The number of primary amides is 1. The van der Waals surface area contributed by atoms with Crippen LogP contribution in [0.25, 0.3) is 21.7 Å². The molecule has 5 rings (SSSR count). The second kappa shape index (κ2) is 9.88. The predicted octanol–water partition coefficient (Wildman–Crippen LogP) is 3.79. The van der Waals surface area contributed by atoms with Crippen molar-refractivity contribution in [2.45, 2.75) is 31.4 Å². The number of amides is 2. The summed E-state index contributed by atoms with van der Waals surface area (Å²) in [5, 5.41) is 15.5. The van der Waals surface area contributed by atoms with Crippen LogP contribution in [0.15, 0.2) is 54.7 Å². The number of Topliss-reactive ketones (excluding diaryl/α,β-unsaturated/α-hetero) is 1. The van der Waals surface area contributed by atoms with Crippen molar-refractivity contribution in [1.82, 2.24) is 9.88 Å². The predicted molar refractivity (Wildman–Crippen MR) is 141 cm³/mol. The molecule has 3 aromatic carbocycles. The van der Waals surface area contributed by atoms with Gasteiger partial charge in [0.05, 0.1) is 12.1 Å². The lowest BCUT2D eigenvalue weighted by molar-refractivity contribution is -0.129. The number of rotatable bonds is 9. The van der Waals surface area contributed by atoms with Crippen LogP contribution in [-0.4, -0.2) is 47.0 Å². The zero-order valence-electron chi connectivity index (χ0n) is 20.2. The van der Waals surface area contributed by atoms with E-state index < -0.39 is 17.9 Å². The van der Waals surface area contributed by atoms with Gasteiger partial charge in [-0.05, 0) is 65.4 Å². The molecule has 1 aliphatic rings. The highest BCUT2D eigenvalue weighted by Crippen LogP contribution is 2.41. The van der Waals surface area contributed by atoms with E-state index in [1.807, 2.05) is 18.2 Å². The Morgan fingerprint density at radius 3 is 2.59 bits per heavy atom. The van der Waals surface area contributed by atoms with Crippen LogP contribution in [0, 0.1) is 0 Å². The molecule has 0 radical (unpaired) electrons. The topological polar surface area (TPSA) is 124 Å². The van der Waals surface area contributed by atoms with E-state index in [0.717, 1.165) is 29.1 Å². The highest BCUT2D eigenvalue weighted by Gasteiger charge is 2.26. The van der Waals surface area contributed by atoms with E-state index in [4.69, 9.17) is 22.1 Å². The third-order valence-corrected chi connectivity index (χ3v) is 6.93. The number of aliphatic hydroxyl groups excluding tert-OH is 1. The number of nitrogens with zero attached hydrogens (tertiary/aromatic N) is 1. The molecule has 2 amide bonds. The summed E-state index contributed by atoms with van der Waals surface area (Å²) in [5.74, 6) is -0.812. The first kappa shape index (κ1) is 24.8. The fraction of sp³-hybridized carbons (Fsp3) is 0.250. The lowest BCUT2D eigenvalue weighted by Crippen LogP contribution is -2.34. The molecule has 1 saturated carbocycles. The molecular formula is C28H26ClN3O5. The number of aliphatic hydroxyl groups is 1. The summed E-state index contributed by atoms with van der Waals surface area (Å²) in [6, 6.07) is 14.4. The number of ether oxygens (including phenoxy) is 1. The minimum absolute atomic E-state index is 0.00249. The maximum absolute atomic E-state index is 13.3. The van der Waals surface area contributed by atoms with Crippen LogP contribution < -0.4 is 15.8 Å². The van der Waals surface area contributed by atoms with Crippen LogP contribution in [0.3, 0.4) is 0 Å². The first-order chi connectivity index (χ1) is 17.7. The molecule has 0 unspecified atom stereocenters. The van der Waals surface area contributed by atoms with Gasteiger partial charge in [-0.1, -0.05) is 29.8 Å². The summed E-state index contributed by atoms with van der Waals surface area (Å²) in [6.07, 6.45) is 2.60. The Balaban J connectivity index is 1.46. The summed E-state index contributed by atoms with van der Waals surface area (Å²) in [7, 11) is 1.46. The molecule has 0 bridgehead atoms. The monoisotopic (exact) mass is 519 g/mol. The molecule has 0 spiro atoms. The molecule has 1 heterocycles. The number of aromatic nitrogens is 1. The van der Waals surface area contributed by atoms with Gasteiger partial charge in [0, 0.05) is 34.7 Å². The van der Waals surface area contributed by atoms with Crippen LogP contribution in [-0.2, 0) is 11.3 Å². The maximum Gasteiger partial charge on any atom is 0.252 e. The number of halogens is 1. The quantitative estimate of drug-likeness (QED) is 0.290. The SMILES string of the molecule is CNC(=O)[C@H](O)Cn1cc(C(=O)COc2cc3ccc(Cl)cc3cc2C(N)=O)c2ccc(C3CC3)cc21. The van der Waals surface area contributed by atoms with Gasteiger partial charge < -0.3 is 25.5 Å². The van der Waals surface area contributed by atoms with Crippen LogP contribution in [0.2, 0.25) is 5.02 Å². The summed E-state index contributed by atoms with van der Waals surface area (Å²) in [6.45, 7) is -0.335. The van der Waals surface area contributed by atoms with Crippen LogP contribution in [0.4, 0.5) is 0 Å². The first-order valence-corrected chi connectivity index (χ1v) is 12.3. The van der Waals surface area contributed by atoms with Gasteiger partial charge in [0.15, 0.2) is 12.7 Å². The minimum Gasteiger partial charge on any atom is -0.485 e. The Morgan fingerprint density at radius 1 is 1.11 bits per heavy atom. The number of ketones is 1. The summed E-state index contributed by atoms with van der Waals surface area (Å²) >= 11 is 6.07. The smallest absolute Gasteiger partial charge is 0.252 e. The zero-order chi connectivity index (χ0) is 26.3. The average molecular weight is 520 g/mol. The maximum atomic E-state index is 13.3. The fourth-order valence-electron chi connectivity index (χ4n) is 4.57. The number of benzene rings is 3. The number of fused-ring (bicyclic) bond motifs is 2. The van der Waals surface area contributed by atoms with Crippen LogP contribution in [0.5, 0.6) is 5.75 Å². The lowest BCUT2D eigenvalue weighted by Gasteiger charge is -2.11. The molecule has 190 valence electrons. The largest absolute Gasteiger partial charge is 0.485 e. The fourth-order valence-corrected chi connectivity index (χ4v) is 4.75. The van der Waals surface area contributed by atoms with E-state index >= 15 is 0 Å². The van der Waals surface area contributed by atoms with Crippen molar-refractivity contribution >= 4 is 50.9 Å². The highest BCUT2D eigenvalue weighted by molar-refractivity contribution is 6.31. The van der Waals surface area contributed by atoms with Gasteiger partial charge in [0.1, 0.15) is 5.75 Å². The van der Waals surface area contributed by atoms with Gasteiger partial charge in [-0.25, -0.2) is 0 Å². The van der Waals surface area contributed by atoms with Crippen molar-refractivity contribution < 1.29 is 24.2 Å². The van der Waals surface area contributed by atoms with Gasteiger partial charge in [0.2, 0.25) is 11.7 Å². The van der Waals surface area contributed by atoms with Crippen molar-refractivity contribution in [2.75, 3.05) is 13.7 Å². The van der Waals surface area contributed by atoms with Crippen molar-refractivity contribution in [3.05, 3.63) is 76.4 Å². The van der Waals surface area contributed by atoms with Gasteiger partial charge >= 0.3 is 0 Å². The lowest BCUT2D eigenvalue weighted by atomic mass is 10.0. The van der Waals surface area contributed by atoms with E-state index in [2.05, 4.69) is 5.32 Å². The van der Waals surface area contributed by atoms with Crippen molar-refractivity contribution in [1.29, 1.82) is 0 Å². The second-order valence-electron chi connectivity index (χ2n) is 9.29. The molecule has 9 heteroatoms. The third kappa shape index (κ3) is 5.03. The second-order valence-corrected chi connectivity index (χ2v) is 9.73. The van der Waals surface area contributed by atoms with E-state index in [-0.39, 0.29) is 30.2 Å². The average Bonchev–Trinajstić information content (AvgIpc) is 3.68. The van der Waals surface area contributed by atoms with E-state index in [1.54, 1.807) is 41.1 Å². The molecule has 8 nitrogen and oxygen atoms in total. The molecule has 37 heavy (non-hydrogen) atoms. The van der Waals surface area contributed by atoms with Crippen molar-refractivity contribution in [3.8, 4) is 5.75 Å². The standard InChI is InChI=1S/C28H26ClN3O5/c1-31-28(36)24(33)13-32-12-22(20-7-5-16(10-23(20)32)15-2-3-15)25(34)14-37-26-11-17-4-6-19(29)8-18(17)9-21(26)27(30)35/h4-12,15,24,33H,2-3,13-14H2,1H3,(H2,30,35)(H,31,36)/t24-/m1/s1. The summed E-state index contributed by atoms with van der Waals surface area (Å²) in [4.78, 5) is 37.3. The number of nitrogens with one attached hydrogen (secondary N) is 1. The van der Waals surface area contributed by atoms with Gasteiger partial charge in [-0.2, -0.15) is 0 Å². The molecule has 1 fully saturated rings. The Labute approximate surface area is 217 Å². The minimum atomic E-state index is -1.27. The van der Waals surface area contributed by atoms with Crippen LogP contribution in [0.1, 0.15) is 45.0 Å². The number of likely N-dealkylation sites (N-methyl/N-ethyl adjacent to an activating group) is 1. The summed E-state index contributed by atoms with van der Waals surface area (Å²) < 4.78 is 7.54. The van der Waals surface area contributed by atoms with E-state index in [9.17, 15) is 19.5 Å². The number of hydrogen-bond acceptors (Lipinski definition) is 5. The number of carbonyl (C=O) groups excluding carboxylic acids is 3. The van der Waals surface area contributed by atoms with Crippen molar-refractivity contribution in [3.63, 3.8) is 0 Å². The van der Waals surface area contributed by atoms with Gasteiger partial charge in [-0.3, -0.25) is 14.4 Å². The molecule has 4 aromatic rings. The third-order valence-electron chi connectivity index (χ3n) is 6.70.